The quantitative estimate of drug-likeness (QED) is 0.622. The number of carbonyl (C=O) groups is 2. The van der Waals surface area contributed by atoms with E-state index < -0.39 is 23.9 Å². The Labute approximate surface area is 160 Å². The highest BCUT2D eigenvalue weighted by Crippen LogP contribution is 2.25. The van der Waals surface area contributed by atoms with Gasteiger partial charge in [0.2, 0.25) is 0 Å². The van der Waals surface area contributed by atoms with Gasteiger partial charge in [-0.05, 0) is 53.6 Å². The first-order valence-electron chi connectivity index (χ1n) is 8.46. The molecule has 3 rings (SSSR count). The van der Waals surface area contributed by atoms with Gasteiger partial charge in [-0.25, -0.2) is 18.4 Å². The second-order valence-corrected chi connectivity index (χ2v) is 6.16. The van der Waals surface area contributed by atoms with Crippen molar-refractivity contribution in [2.45, 2.75) is 12.5 Å². The molecule has 0 fully saturated rings. The highest BCUT2D eigenvalue weighted by atomic mass is 19.1. The molecule has 28 heavy (non-hydrogen) atoms. The largest absolute Gasteiger partial charge is 0.478 e. The number of carboxylic acid groups (broad SMARTS) is 1. The fourth-order valence-corrected chi connectivity index (χ4v) is 2.72. The lowest BCUT2D eigenvalue weighted by molar-refractivity contribution is 0.0297. The predicted molar refractivity (Wildman–Crippen MR) is 98.1 cm³/mol. The predicted octanol–water partition coefficient (Wildman–Crippen LogP) is 4.80. The SMILES string of the molecule is O=C(O)c1cccc(C(=O)OC(Cc2ccc(F)cc2)c2ccc(F)cc2)c1. The maximum Gasteiger partial charge on any atom is 0.338 e. The Morgan fingerprint density at radius 3 is 2.04 bits per heavy atom. The molecule has 142 valence electrons. The van der Waals surface area contributed by atoms with E-state index in [0.717, 1.165) is 5.56 Å². The molecule has 0 aromatic heterocycles. The van der Waals surface area contributed by atoms with E-state index in [1.54, 1.807) is 12.1 Å². The maximum atomic E-state index is 13.3. The molecule has 6 heteroatoms. The molecule has 3 aromatic rings. The van der Waals surface area contributed by atoms with Gasteiger partial charge in [-0.3, -0.25) is 0 Å². The molecule has 0 saturated heterocycles. The fraction of sp³-hybridized carbons (Fsp3) is 0.0909. The van der Waals surface area contributed by atoms with Crippen molar-refractivity contribution in [3.05, 3.63) is 107 Å². The first-order chi connectivity index (χ1) is 13.4. The summed E-state index contributed by atoms with van der Waals surface area (Å²) >= 11 is 0. The van der Waals surface area contributed by atoms with Gasteiger partial charge in [-0.15, -0.1) is 0 Å². The maximum absolute atomic E-state index is 13.3. The first kappa shape index (κ1) is 19.2. The highest BCUT2D eigenvalue weighted by molar-refractivity contribution is 5.94. The number of rotatable bonds is 6. The van der Waals surface area contributed by atoms with Crippen molar-refractivity contribution >= 4 is 11.9 Å². The molecule has 0 aliphatic carbocycles. The van der Waals surface area contributed by atoms with E-state index in [-0.39, 0.29) is 23.4 Å². The Morgan fingerprint density at radius 1 is 0.857 bits per heavy atom. The number of benzene rings is 3. The summed E-state index contributed by atoms with van der Waals surface area (Å²) in [6, 6.07) is 16.8. The van der Waals surface area contributed by atoms with Crippen LogP contribution in [-0.2, 0) is 11.2 Å². The lowest BCUT2D eigenvalue weighted by Gasteiger charge is -2.19. The third kappa shape index (κ3) is 4.79. The van der Waals surface area contributed by atoms with Crippen molar-refractivity contribution in [2.24, 2.45) is 0 Å². The highest BCUT2D eigenvalue weighted by Gasteiger charge is 2.20. The summed E-state index contributed by atoms with van der Waals surface area (Å²) in [6.07, 6.45) is -0.511. The average Bonchev–Trinajstić information content (AvgIpc) is 2.69. The van der Waals surface area contributed by atoms with Gasteiger partial charge < -0.3 is 9.84 Å². The minimum absolute atomic E-state index is 0.0358. The Hall–Kier alpha value is -3.54. The molecule has 0 heterocycles. The number of carboxylic acids is 1. The number of hydrogen-bond donors (Lipinski definition) is 1. The number of carbonyl (C=O) groups excluding carboxylic acids is 1. The molecular formula is C22H16F2O4. The lowest BCUT2D eigenvalue weighted by Crippen LogP contribution is -2.15. The zero-order chi connectivity index (χ0) is 20.1. The fourth-order valence-electron chi connectivity index (χ4n) is 2.72. The van der Waals surface area contributed by atoms with Crippen molar-refractivity contribution in [1.82, 2.24) is 0 Å². The summed E-state index contributed by atoms with van der Waals surface area (Å²) in [5, 5.41) is 9.08. The minimum atomic E-state index is -1.16. The summed E-state index contributed by atoms with van der Waals surface area (Å²) in [4.78, 5) is 23.7. The van der Waals surface area contributed by atoms with Crippen LogP contribution >= 0.6 is 0 Å². The van der Waals surface area contributed by atoms with Crippen LogP contribution in [0, 0.1) is 11.6 Å². The van der Waals surface area contributed by atoms with Gasteiger partial charge in [-0.1, -0.05) is 30.3 Å². The summed E-state index contributed by atoms with van der Waals surface area (Å²) in [6.45, 7) is 0. The van der Waals surface area contributed by atoms with Crippen LogP contribution in [-0.4, -0.2) is 17.0 Å². The van der Waals surface area contributed by atoms with Crippen LogP contribution < -0.4 is 0 Å². The molecule has 3 aromatic carbocycles. The monoisotopic (exact) mass is 382 g/mol. The smallest absolute Gasteiger partial charge is 0.338 e. The van der Waals surface area contributed by atoms with Crippen LogP contribution in [0.25, 0.3) is 0 Å². The van der Waals surface area contributed by atoms with Gasteiger partial charge in [0.15, 0.2) is 0 Å². The second kappa shape index (κ2) is 8.43. The molecule has 0 bridgehead atoms. The van der Waals surface area contributed by atoms with E-state index in [1.807, 2.05) is 0 Å². The minimum Gasteiger partial charge on any atom is -0.478 e. The van der Waals surface area contributed by atoms with Crippen LogP contribution in [0.15, 0.2) is 72.8 Å². The molecule has 0 spiro atoms. The zero-order valence-corrected chi connectivity index (χ0v) is 14.6. The van der Waals surface area contributed by atoms with Crippen LogP contribution in [0.5, 0.6) is 0 Å². The molecule has 1 unspecified atom stereocenters. The van der Waals surface area contributed by atoms with E-state index in [1.165, 1.54) is 60.7 Å². The van der Waals surface area contributed by atoms with E-state index in [0.29, 0.717) is 5.56 Å². The van der Waals surface area contributed by atoms with Crippen molar-refractivity contribution in [3.63, 3.8) is 0 Å². The first-order valence-corrected chi connectivity index (χ1v) is 8.46. The van der Waals surface area contributed by atoms with Crippen molar-refractivity contribution in [2.75, 3.05) is 0 Å². The van der Waals surface area contributed by atoms with Gasteiger partial charge in [0, 0.05) is 6.42 Å². The Morgan fingerprint density at radius 2 is 1.43 bits per heavy atom. The van der Waals surface area contributed by atoms with Gasteiger partial charge in [0.05, 0.1) is 11.1 Å². The number of esters is 1. The van der Waals surface area contributed by atoms with Crippen molar-refractivity contribution in [3.8, 4) is 0 Å². The summed E-state index contributed by atoms with van der Waals surface area (Å²) in [5.41, 5.74) is 1.34. The van der Waals surface area contributed by atoms with E-state index in [2.05, 4.69) is 0 Å². The number of aromatic carboxylic acids is 1. The molecule has 0 amide bonds. The number of halogens is 2. The number of hydrogen-bond acceptors (Lipinski definition) is 3. The van der Waals surface area contributed by atoms with Gasteiger partial charge in [0.25, 0.3) is 0 Å². The molecule has 0 saturated carbocycles. The third-order valence-corrected chi connectivity index (χ3v) is 4.17. The summed E-state index contributed by atoms with van der Waals surface area (Å²) < 4.78 is 32.0. The number of ether oxygens (including phenoxy) is 1. The lowest BCUT2D eigenvalue weighted by atomic mass is 10.0. The molecule has 1 N–H and O–H groups in total. The molecule has 0 aliphatic heterocycles. The van der Waals surface area contributed by atoms with Crippen LogP contribution in [0.3, 0.4) is 0 Å². The van der Waals surface area contributed by atoms with Crippen LogP contribution in [0.1, 0.15) is 37.9 Å². The molecule has 0 aliphatic rings. The molecular weight excluding hydrogens is 366 g/mol. The Bertz CT molecular complexity index is 982. The Kier molecular flexibility index (Phi) is 5.79. The molecule has 1 atom stereocenters. The average molecular weight is 382 g/mol. The normalized spacial score (nSPS) is 11.6. The van der Waals surface area contributed by atoms with Gasteiger partial charge in [0.1, 0.15) is 17.7 Å². The summed E-state index contributed by atoms with van der Waals surface area (Å²) in [7, 11) is 0. The standard InChI is InChI=1S/C22H16F2O4/c23-18-8-4-14(5-9-18)12-20(15-6-10-19(24)11-7-15)28-22(27)17-3-1-2-16(13-17)21(25)26/h1-11,13,20H,12H2,(H,25,26). The Balaban J connectivity index is 1.86. The van der Waals surface area contributed by atoms with E-state index in [4.69, 9.17) is 9.84 Å². The topological polar surface area (TPSA) is 63.6 Å². The van der Waals surface area contributed by atoms with Crippen LogP contribution in [0.4, 0.5) is 8.78 Å². The second-order valence-electron chi connectivity index (χ2n) is 6.16. The third-order valence-electron chi connectivity index (χ3n) is 4.17. The molecule has 0 radical (unpaired) electrons. The van der Waals surface area contributed by atoms with Crippen molar-refractivity contribution in [1.29, 1.82) is 0 Å². The van der Waals surface area contributed by atoms with Gasteiger partial charge in [-0.2, -0.15) is 0 Å². The van der Waals surface area contributed by atoms with Crippen molar-refractivity contribution < 1.29 is 28.2 Å². The molecule has 4 nitrogen and oxygen atoms in total. The van der Waals surface area contributed by atoms with E-state index >= 15 is 0 Å². The summed E-state index contributed by atoms with van der Waals surface area (Å²) in [5.74, 6) is -2.68. The van der Waals surface area contributed by atoms with Gasteiger partial charge >= 0.3 is 11.9 Å². The zero-order valence-electron chi connectivity index (χ0n) is 14.6. The van der Waals surface area contributed by atoms with E-state index in [9.17, 15) is 18.4 Å². The van der Waals surface area contributed by atoms with Crippen LogP contribution in [0.2, 0.25) is 0 Å².